The van der Waals surface area contributed by atoms with Gasteiger partial charge in [0.05, 0.1) is 0 Å². The minimum absolute atomic E-state index is 0.0846. The molecule has 0 aliphatic carbocycles. The van der Waals surface area contributed by atoms with Gasteiger partial charge in [-0.05, 0) is 43.2 Å². The SMILES string of the molecule is CCN(CCC(=O)NCCc1cccc(Cl)c1)c1ccccc1. The molecule has 2 rings (SSSR count). The Kier molecular flexibility index (Phi) is 6.95. The molecule has 0 heterocycles. The molecule has 2 aromatic carbocycles. The van der Waals surface area contributed by atoms with Gasteiger partial charge in [0, 0.05) is 36.8 Å². The van der Waals surface area contributed by atoms with E-state index in [9.17, 15) is 4.79 Å². The van der Waals surface area contributed by atoms with E-state index >= 15 is 0 Å². The van der Waals surface area contributed by atoms with Crippen LogP contribution < -0.4 is 10.2 Å². The summed E-state index contributed by atoms with van der Waals surface area (Å²) >= 11 is 5.95. The quantitative estimate of drug-likeness (QED) is 0.795. The summed E-state index contributed by atoms with van der Waals surface area (Å²) in [4.78, 5) is 14.2. The van der Waals surface area contributed by atoms with Gasteiger partial charge in [0.2, 0.25) is 5.91 Å². The lowest BCUT2D eigenvalue weighted by Gasteiger charge is -2.22. The molecule has 0 saturated carbocycles. The Hall–Kier alpha value is -2.00. The molecule has 2 aromatic rings. The van der Waals surface area contributed by atoms with Crippen molar-refractivity contribution in [3.63, 3.8) is 0 Å². The van der Waals surface area contributed by atoms with Crippen molar-refractivity contribution in [3.8, 4) is 0 Å². The molecule has 23 heavy (non-hydrogen) atoms. The summed E-state index contributed by atoms with van der Waals surface area (Å²) < 4.78 is 0. The number of anilines is 1. The van der Waals surface area contributed by atoms with E-state index in [1.807, 2.05) is 42.5 Å². The zero-order valence-corrected chi connectivity index (χ0v) is 14.2. The number of carbonyl (C=O) groups excluding carboxylic acids is 1. The topological polar surface area (TPSA) is 32.3 Å². The second-order valence-corrected chi connectivity index (χ2v) is 5.83. The number of para-hydroxylation sites is 1. The Morgan fingerprint density at radius 2 is 1.91 bits per heavy atom. The molecular weight excluding hydrogens is 308 g/mol. The highest BCUT2D eigenvalue weighted by Gasteiger charge is 2.07. The van der Waals surface area contributed by atoms with E-state index < -0.39 is 0 Å². The fourth-order valence-corrected chi connectivity index (χ4v) is 2.69. The molecule has 0 unspecified atom stereocenters. The molecule has 122 valence electrons. The van der Waals surface area contributed by atoms with Crippen LogP contribution in [0.25, 0.3) is 0 Å². The van der Waals surface area contributed by atoms with Crippen molar-refractivity contribution in [1.82, 2.24) is 5.32 Å². The van der Waals surface area contributed by atoms with Crippen LogP contribution in [-0.2, 0) is 11.2 Å². The summed E-state index contributed by atoms with van der Waals surface area (Å²) in [6.45, 7) is 4.35. The van der Waals surface area contributed by atoms with E-state index in [-0.39, 0.29) is 5.91 Å². The molecule has 0 saturated heterocycles. The van der Waals surface area contributed by atoms with Crippen LogP contribution in [0.3, 0.4) is 0 Å². The summed E-state index contributed by atoms with van der Waals surface area (Å²) in [5.74, 6) is 0.0846. The number of benzene rings is 2. The average Bonchev–Trinajstić information content (AvgIpc) is 2.56. The van der Waals surface area contributed by atoms with Crippen LogP contribution in [0.1, 0.15) is 18.9 Å². The van der Waals surface area contributed by atoms with Gasteiger partial charge in [-0.15, -0.1) is 0 Å². The predicted octanol–water partition coefficient (Wildman–Crippen LogP) is 3.92. The van der Waals surface area contributed by atoms with E-state index in [1.165, 1.54) is 0 Å². The molecular formula is C19H23ClN2O. The van der Waals surface area contributed by atoms with Crippen molar-refractivity contribution in [2.45, 2.75) is 19.8 Å². The maximum Gasteiger partial charge on any atom is 0.221 e. The van der Waals surface area contributed by atoms with Gasteiger partial charge >= 0.3 is 0 Å². The number of carbonyl (C=O) groups is 1. The Morgan fingerprint density at radius 1 is 1.13 bits per heavy atom. The van der Waals surface area contributed by atoms with E-state index in [2.05, 4.69) is 29.3 Å². The fraction of sp³-hybridized carbons (Fsp3) is 0.316. The number of hydrogen-bond acceptors (Lipinski definition) is 2. The third-order valence-electron chi connectivity index (χ3n) is 3.74. The van der Waals surface area contributed by atoms with Gasteiger partial charge < -0.3 is 10.2 Å². The highest BCUT2D eigenvalue weighted by Crippen LogP contribution is 2.13. The van der Waals surface area contributed by atoms with E-state index in [0.717, 1.165) is 35.8 Å². The zero-order valence-electron chi connectivity index (χ0n) is 13.5. The zero-order chi connectivity index (χ0) is 16.5. The second-order valence-electron chi connectivity index (χ2n) is 5.40. The predicted molar refractivity (Wildman–Crippen MR) is 97.1 cm³/mol. The van der Waals surface area contributed by atoms with Gasteiger partial charge in [0.1, 0.15) is 0 Å². The first kappa shape index (κ1) is 17.4. The van der Waals surface area contributed by atoms with Gasteiger partial charge in [-0.3, -0.25) is 4.79 Å². The summed E-state index contributed by atoms with van der Waals surface area (Å²) in [6, 6.07) is 17.9. The molecule has 0 atom stereocenters. The van der Waals surface area contributed by atoms with Crippen LogP contribution in [0.4, 0.5) is 5.69 Å². The summed E-state index contributed by atoms with van der Waals surface area (Å²) in [5, 5.41) is 3.70. The van der Waals surface area contributed by atoms with Gasteiger partial charge in [-0.2, -0.15) is 0 Å². The molecule has 4 heteroatoms. The third-order valence-corrected chi connectivity index (χ3v) is 3.97. The van der Waals surface area contributed by atoms with E-state index in [4.69, 9.17) is 11.6 Å². The highest BCUT2D eigenvalue weighted by molar-refractivity contribution is 6.30. The largest absolute Gasteiger partial charge is 0.371 e. The second kappa shape index (κ2) is 9.21. The lowest BCUT2D eigenvalue weighted by atomic mass is 10.1. The van der Waals surface area contributed by atoms with Crippen molar-refractivity contribution in [1.29, 1.82) is 0 Å². The first-order valence-corrected chi connectivity index (χ1v) is 8.38. The normalized spacial score (nSPS) is 10.3. The van der Waals surface area contributed by atoms with E-state index in [0.29, 0.717) is 13.0 Å². The summed E-state index contributed by atoms with van der Waals surface area (Å²) in [6.07, 6.45) is 1.29. The Bertz CT molecular complexity index is 616. The smallest absolute Gasteiger partial charge is 0.221 e. The lowest BCUT2D eigenvalue weighted by molar-refractivity contribution is -0.120. The minimum atomic E-state index is 0.0846. The third kappa shape index (κ3) is 5.95. The fourth-order valence-electron chi connectivity index (χ4n) is 2.47. The summed E-state index contributed by atoms with van der Waals surface area (Å²) in [7, 11) is 0. The maximum absolute atomic E-state index is 12.0. The Morgan fingerprint density at radius 3 is 2.61 bits per heavy atom. The lowest BCUT2D eigenvalue weighted by Crippen LogP contribution is -2.31. The van der Waals surface area contributed by atoms with Crippen LogP contribution >= 0.6 is 11.6 Å². The number of nitrogens with one attached hydrogen (secondary N) is 1. The standard InChI is InChI=1S/C19H23ClN2O/c1-2-22(18-9-4-3-5-10-18)14-12-19(23)21-13-11-16-7-6-8-17(20)15-16/h3-10,15H,2,11-14H2,1H3,(H,21,23). The molecule has 0 aliphatic heterocycles. The van der Waals surface area contributed by atoms with Crippen LogP contribution in [0.5, 0.6) is 0 Å². The van der Waals surface area contributed by atoms with Crippen molar-refractivity contribution >= 4 is 23.2 Å². The first-order valence-electron chi connectivity index (χ1n) is 8.00. The first-order chi connectivity index (χ1) is 11.2. The number of amides is 1. The van der Waals surface area contributed by atoms with Crippen molar-refractivity contribution in [2.24, 2.45) is 0 Å². The van der Waals surface area contributed by atoms with Crippen molar-refractivity contribution < 1.29 is 4.79 Å². The molecule has 3 nitrogen and oxygen atoms in total. The van der Waals surface area contributed by atoms with Crippen molar-refractivity contribution in [3.05, 3.63) is 65.2 Å². The molecule has 1 amide bonds. The molecule has 1 N–H and O–H groups in total. The molecule has 0 aromatic heterocycles. The Balaban J connectivity index is 1.72. The van der Waals surface area contributed by atoms with Gasteiger partial charge in [-0.1, -0.05) is 41.9 Å². The van der Waals surface area contributed by atoms with E-state index in [1.54, 1.807) is 0 Å². The number of nitrogens with zero attached hydrogens (tertiary/aromatic N) is 1. The molecule has 0 fully saturated rings. The van der Waals surface area contributed by atoms with Crippen LogP contribution in [-0.4, -0.2) is 25.5 Å². The molecule has 0 bridgehead atoms. The monoisotopic (exact) mass is 330 g/mol. The van der Waals surface area contributed by atoms with Gasteiger partial charge in [0.25, 0.3) is 0 Å². The van der Waals surface area contributed by atoms with Gasteiger partial charge in [-0.25, -0.2) is 0 Å². The van der Waals surface area contributed by atoms with Crippen molar-refractivity contribution in [2.75, 3.05) is 24.5 Å². The molecule has 0 radical (unpaired) electrons. The van der Waals surface area contributed by atoms with Crippen LogP contribution in [0, 0.1) is 0 Å². The van der Waals surface area contributed by atoms with Gasteiger partial charge in [0.15, 0.2) is 0 Å². The molecule has 0 spiro atoms. The minimum Gasteiger partial charge on any atom is -0.371 e. The summed E-state index contributed by atoms with van der Waals surface area (Å²) in [5.41, 5.74) is 2.29. The number of hydrogen-bond donors (Lipinski definition) is 1. The average molecular weight is 331 g/mol. The molecule has 0 aliphatic rings. The maximum atomic E-state index is 12.0. The number of halogens is 1. The Labute approximate surface area is 143 Å². The highest BCUT2D eigenvalue weighted by atomic mass is 35.5. The van der Waals surface area contributed by atoms with Crippen LogP contribution in [0.15, 0.2) is 54.6 Å². The number of rotatable bonds is 8. The van der Waals surface area contributed by atoms with Crippen LogP contribution in [0.2, 0.25) is 5.02 Å².